The molecular formula is C51H92FN3O5. The molecule has 2 atom stereocenters. The number of halogens is 1. The monoisotopic (exact) mass is 846 g/mol. The second kappa shape index (κ2) is 25.0. The Balaban J connectivity index is 0.000000466. The van der Waals surface area contributed by atoms with Crippen LogP contribution < -0.4 is 5.32 Å². The summed E-state index contributed by atoms with van der Waals surface area (Å²) in [5.74, 6) is -0.282. The highest BCUT2D eigenvalue weighted by Gasteiger charge is 2.51. The van der Waals surface area contributed by atoms with E-state index in [1.54, 1.807) is 13.8 Å². The molecule has 2 N–H and O–H groups in total. The van der Waals surface area contributed by atoms with Crippen LogP contribution in [0, 0.1) is 5.82 Å². The van der Waals surface area contributed by atoms with Crippen molar-refractivity contribution >= 4 is 5.97 Å². The zero-order chi connectivity index (χ0) is 44.5. The summed E-state index contributed by atoms with van der Waals surface area (Å²) in [4.78, 5) is 25.7. The number of nitrogens with zero attached hydrogens (tertiary/aromatic N) is 2. The van der Waals surface area contributed by atoms with Crippen molar-refractivity contribution in [2.75, 3.05) is 19.7 Å². The lowest BCUT2D eigenvalue weighted by Gasteiger charge is -2.53. The first-order valence-electron chi connectivity index (χ1n) is 24.5. The molecule has 348 valence electrons. The molecule has 1 aliphatic carbocycles. The third-order valence-corrected chi connectivity index (χ3v) is 13.2. The summed E-state index contributed by atoms with van der Waals surface area (Å²) in [6.45, 7) is 25.3. The Hall–Kier alpha value is -1.62. The number of hydroxylamine groups is 4. The van der Waals surface area contributed by atoms with Crippen molar-refractivity contribution in [1.82, 2.24) is 15.4 Å². The van der Waals surface area contributed by atoms with Crippen LogP contribution in [0.15, 0.2) is 24.3 Å². The van der Waals surface area contributed by atoms with E-state index in [9.17, 15) is 14.3 Å². The standard InChI is InChI=1S/C37H64FNO4.C14H28N2O/c1-8-9-10-11-12-13-14-15-16-17-18-19-20-30(31-21-24-32(38)25-22-31)23-26-34(40)43-39-35(2,3)28-27-33(37(39,6)7)42-29-36(4,5)41;1-13(2)10-15-11-14(3,4)16(13)17-12-8-6-5-7-9-12/h21-22,24-25,30,33,41H,8-20,23,26-29H2,1-7H3;12,15H,5-11H2,1-4H3. The number of nitrogens with one attached hydrogen (secondary N) is 1. The van der Waals surface area contributed by atoms with Gasteiger partial charge in [0.05, 0.1) is 46.6 Å². The third-order valence-electron chi connectivity index (χ3n) is 13.2. The number of unbranched alkanes of at least 4 members (excludes halogenated alkanes) is 11. The summed E-state index contributed by atoms with van der Waals surface area (Å²) in [6.07, 6.45) is 26.1. The number of hydrogen-bond acceptors (Lipinski definition) is 8. The number of piperidine rings is 1. The number of rotatable bonds is 23. The average molecular weight is 846 g/mol. The highest BCUT2D eigenvalue weighted by molar-refractivity contribution is 5.69. The van der Waals surface area contributed by atoms with Crippen molar-refractivity contribution in [2.45, 2.75) is 263 Å². The number of carbonyl (C=O) groups excluding carboxylic acids is 1. The van der Waals surface area contributed by atoms with E-state index < -0.39 is 11.1 Å². The predicted octanol–water partition coefficient (Wildman–Crippen LogP) is 12.8. The molecule has 2 heterocycles. The summed E-state index contributed by atoms with van der Waals surface area (Å²) in [5, 5.41) is 17.8. The molecule has 1 saturated carbocycles. The maximum Gasteiger partial charge on any atom is 0.325 e. The van der Waals surface area contributed by atoms with Crippen molar-refractivity contribution in [3.05, 3.63) is 35.6 Å². The maximum absolute atomic E-state index is 13.7. The quantitative estimate of drug-likeness (QED) is 0.105. The van der Waals surface area contributed by atoms with Gasteiger partial charge in [0.2, 0.25) is 0 Å². The lowest BCUT2D eigenvalue weighted by Crippen LogP contribution is -2.68. The van der Waals surface area contributed by atoms with Gasteiger partial charge in [-0.15, -0.1) is 5.06 Å². The van der Waals surface area contributed by atoms with Crippen LogP contribution in [-0.2, 0) is 19.2 Å². The molecule has 1 aromatic rings. The smallest absolute Gasteiger partial charge is 0.325 e. The van der Waals surface area contributed by atoms with Gasteiger partial charge in [-0.1, -0.05) is 115 Å². The summed E-state index contributed by atoms with van der Waals surface area (Å²) < 4.78 is 19.8. The normalized spacial score (nSPS) is 22.4. The molecular weight excluding hydrogens is 754 g/mol. The number of benzene rings is 1. The zero-order valence-electron chi connectivity index (χ0n) is 40.6. The summed E-state index contributed by atoms with van der Waals surface area (Å²) in [5.41, 5.74) is -0.546. The average Bonchev–Trinajstić information content (AvgIpc) is 3.16. The fourth-order valence-electron chi connectivity index (χ4n) is 9.81. The van der Waals surface area contributed by atoms with Crippen molar-refractivity contribution in [2.24, 2.45) is 0 Å². The fourth-order valence-corrected chi connectivity index (χ4v) is 9.81. The van der Waals surface area contributed by atoms with Gasteiger partial charge in [0.1, 0.15) is 5.82 Å². The van der Waals surface area contributed by atoms with Crippen molar-refractivity contribution in [3.63, 3.8) is 0 Å². The SMILES string of the molecule is CC1(C)CNCC(C)(C)N1OC1CCCCC1.CCCCCCCCCCCCCCC(CCC(=O)ON1C(C)(C)CCC(OCC(C)(C)O)C1(C)C)c1ccc(F)cc1. The Bertz CT molecular complexity index is 1320. The topological polar surface area (TPSA) is 83.5 Å². The van der Waals surface area contributed by atoms with E-state index in [2.05, 4.69) is 58.8 Å². The van der Waals surface area contributed by atoms with E-state index >= 15 is 0 Å². The Morgan fingerprint density at radius 1 is 0.767 bits per heavy atom. The molecule has 1 aromatic carbocycles. The molecule has 0 aromatic heterocycles. The van der Waals surface area contributed by atoms with Gasteiger partial charge in [0.25, 0.3) is 0 Å². The van der Waals surface area contributed by atoms with Crippen LogP contribution in [0.5, 0.6) is 0 Å². The van der Waals surface area contributed by atoms with Crippen LogP contribution in [0.3, 0.4) is 0 Å². The highest BCUT2D eigenvalue weighted by atomic mass is 19.1. The van der Waals surface area contributed by atoms with Crippen LogP contribution in [-0.4, -0.2) is 80.9 Å². The lowest BCUT2D eigenvalue weighted by molar-refractivity contribution is -0.302. The molecule has 2 aliphatic heterocycles. The largest absolute Gasteiger partial charge is 0.388 e. The number of aliphatic hydroxyl groups is 1. The van der Waals surface area contributed by atoms with Crippen LogP contribution in [0.1, 0.15) is 229 Å². The Morgan fingerprint density at radius 2 is 1.30 bits per heavy atom. The predicted molar refractivity (Wildman–Crippen MR) is 246 cm³/mol. The van der Waals surface area contributed by atoms with Crippen molar-refractivity contribution in [1.29, 1.82) is 0 Å². The summed E-state index contributed by atoms with van der Waals surface area (Å²) >= 11 is 0. The highest BCUT2D eigenvalue weighted by Crippen LogP contribution is 2.41. The Labute approximate surface area is 367 Å². The van der Waals surface area contributed by atoms with Crippen molar-refractivity contribution < 1.29 is 28.7 Å². The molecule has 3 aliphatic rings. The van der Waals surface area contributed by atoms with Gasteiger partial charge >= 0.3 is 5.97 Å². The molecule has 0 bridgehead atoms. The second-order valence-electron chi connectivity index (χ2n) is 21.7. The maximum atomic E-state index is 13.7. The molecule has 3 fully saturated rings. The second-order valence-corrected chi connectivity index (χ2v) is 21.7. The molecule has 60 heavy (non-hydrogen) atoms. The van der Waals surface area contributed by atoms with Crippen molar-refractivity contribution in [3.8, 4) is 0 Å². The minimum atomic E-state index is -0.923. The zero-order valence-corrected chi connectivity index (χ0v) is 40.6. The summed E-state index contributed by atoms with van der Waals surface area (Å²) in [7, 11) is 0. The first kappa shape index (κ1) is 52.7. The van der Waals surface area contributed by atoms with Gasteiger partial charge in [-0.05, 0) is 131 Å². The molecule has 2 unspecified atom stereocenters. The van der Waals surface area contributed by atoms with E-state index in [1.165, 1.54) is 115 Å². The Kier molecular flexibility index (Phi) is 22.0. The van der Waals surface area contributed by atoms with Gasteiger partial charge in [-0.25, -0.2) is 4.39 Å². The number of piperazine rings is 1. The minimum absolute atomic E-state index is 0.0825. The third kappa shape index (κ3) is 18.2. The lowest BCUT2D eigenvalue weighted by atomic mass is 9.79. The van der Waals surface area contributed by atoms with Gasteiger partial charge in [0, 0.05) is 19.5 Å². The van der Waals surface area contributed by atoms with E-state index in [0.717, 1.165) is 44.3 Å². The summed E-state index contributed by atoms with van der Waals surface area (Å²) in [6, 6.07) is 6.78. The molecule has 8 nitrogen and oxygen atoms in total. The first-order chi connectivity index (χ1) is 28.2. The first-order valence-corrected chi connectivity index (χ1v) is 24.5. The van der Waals surface area contributed by atoms with E-state index in [4.69, 9.17) is 14.4 Å². The van der Waals surface area contributed by atoms with Gasteiger partial charge in [-0.2, -0.15) is 5.06 Å². The molecule has 0 spiro atoms. The number of hydrogen-bond donors (Lipinski definition) is 2. The van der Waals surface area contributed by atoms with Gasteiger partial charge < -0.3 is 20.0 Å². The van der Waals surface area contributed by atoms with Crippen LogP contribution >= 0.6 is 0 Å². The van der Waals surface area contributed by atoms with Crippen LogP contribution in [0.25, 0.3) is 0 Å². The molecule has 4 rings (SSSR count). The molecule has 0 amide bonds. The Morgan fingerprint density at radius 3 is 1.83 bits per heavy atom. The van der Waals surface area contributed by atoms with Gasteiger partial charge in [-0.3, -0.25) is 9.63 Å². The molecule has 2 saturated heterocycles. The van der Waals surface area contributed by atoms with E-state index in [0.29, 0.717) is 18.9 Å². The van der Waals surface area contributed by atoms with Gasteiger partial charge in [0.15, 0.2) is 0 Å². The fraction of sp³-hybridized carbons (Fsp3) is 0.863. The number of ether oxygens (including phenoxy) is 1. The minimum Gasteiger partial charge on any atom is -0.388 e. The molecule has 0 radical (unpaired) electrons. The van der Waals surface area contributed by atoms with E-state index in [-0.39, 0.29) is 47.0 Å². The van der Waals surface area contributed by atoms with Crippen LogP contribution in [0.4, 0.5) is 4.39 Å². The van der Waals surface area contributed by atoms with E-state index in [1.807, 2.05) is 31.0 Å². The molecule has 9 heteroatoms. The van der Waals surface area contributed by atoms with Crippen LogP contribution in [0.2, 0.25) is 0 Å². The number of carbonyl (C=O) groups is 1.